The highest BCUT2D eigenvalue weighted by Gasteiger charge is 2.16. The number of ether oxygens (including phenoxy) is 1. The summed E-state index contributed by atoms with van der Waals surface area (Å²) in [4.78, 5) is 2.33. The van der Waals surface area contributed by atoms with Gasteiger partial charge < -0.3 is 14.5 Å². The number of rotatable bonds is 7. The van der Waals surface area contributed by atoms with Crippen molar-refractivity contribution in [3.63, 3.8) is 0 Å². The van der Waals surface area contributed by atoms with Gasteiger partial charge >= 0.3 is 0 Å². The summed E-state index contributed by atoms with van der Waals surface area (Å²) < 4.78 is 11.3. The predicted octanol–water partition coefficient (Wildman–Crippen LogP) is 2.25. The molecule has 1 unspecified atom stereocenters. The lowest BCUT2D eigenvalue weighted by molar-refractivity contribution is 0.0403. The lowest BCUT2D eigenvalue weighted by atomic mass is 10.0. The van der Waals surface area contributed by atoms with Crippen molar-refractivity contribution in [3.05, 3.63) is 23.7 Å². The number of hydrogen-bond acceptors (Lipinski definition) is 4. The Morgan fingerprint density at radius 3 is 2.95 bits per heavy atom. The van der Waals surface area contributed by atoms with Gasteiger partial charge in [0.05, 0.1) is 19.7 Å². The van der Waals surface area contributed by atoms with Crippen LogP contribution >= 0.6 is 0 Å². The van der Waals surface area contributed by atoms with Crippen molar-refractivity contribution < 1.29 is 9.15 Å². The lowest BCUT2D eigenvalue weighted by Crippen LogP contribution is -2.30. The van der Waals surface area contributed by atoms with Crippen molar-refractivity contribution in [3.8, 4) is 0 Å². The van der Waals surface area contributed by atoms with Gasteiger partial charge in [-0.15, -0.1) is 0 Å². The molecule has 0 bridgehead atoms. The number of hydrogen-bond donors (Lipinski definition) is 1. The molecule has 0 amide bonds. The molecule has 108 valence electrons. The van der Waals surface area contributed by atoms with Gasteiger partial charge in [-0.3, -0.25) is 4.90 Å². The Bertz CT molecular complexity index is 359. The number of nitrogens with one attached hydrogen (secondary N) is 1. The highest BCUT2D eigenvalue weighted by molar-refractivity contribution is 5.07. The van der Waals surface area contributed by atoms with Crippen molar-refractivity contribution in [2.24, 2.45) is 5.92 Å². The first kappa shape index (κ1) is 14.6. The third-order valence-corrected chi connectivity index (χ3v) is 3.52. The number of furan rings is 1. The third-order valence-electron chi connectivity index (χ3n) is 3.52. The Kier molecular flexibility index (Phi) is 5.89. The van der Waals surface area contributed by atoms with E-state index < -0.39 is 0 Å². The molecule has 1 saturated heterocycles. The molecule has 1 fully saturated rings. The molecular weight excluding hydrogens is 240 g/mol. The normalized spacial score (nSPS) is 20.1. The Morgan fingerprint density at radius 1 is 1.37 bits per heavy atom. The van der Waals surface area contributed by atoms with Crippen LogP contribution in [-0.2, 0) is 17.8 Å². The van der Waals surface area contributed by atoms with Crippen LogP contribution in [-0.4, -0.2) is 38.3 Å². The zero-order valence-electron chi connectivity index (χ0n) is 12.2. The van der Waals surface area contributed by atoms with Crippen LogP contribution in [0.4, 0.5) is 0 Å². The van der Waals surface area contributed by atoms with E-state index in [1.165, 1.54) is 12.8 Å². The topological polar surface area (TPSA) is 37.6 Å². The van der Waals surface area contributed by atoms with E-state index in [-0.39, 0.29) is 0 Å². The fraction of sp³-hybridized carbons (Fsp3) is 0.733. The van der Waals surface area contributed by atoms with Crippen LogP contribution < -0.4 is 5.32 Å². The second-order valence-electron chi connectivity index (χ2n) is 5.43. The van der Waals surface area contributed by atoms with Crippen molar-refractivity contribution in [2.75, 3.05) is 33.4 Å². The van der Waals surface area contributed by atoms with Crippen molar-refractivity contribution >= 4 is 0 Å². The zero-order chi connectivity index (χ0) is 13.5. The standard InChI is InChI=1S/C15H26N2O2/c1-3-16-9-14-6-7-15(19-14)11-17(2)10-13-5-4-8-18-12-13/h6-7,13,16H,3-5,8-12H2,1-2H3. The lowest BCUT2D eigenvalue weighted by Gasteiger charge is -2.26. The molecule has 1 aliphatic rings. The summed E-state index contributed by atoms with van der Waals surface area (Å²) >= 11 is 0. The van der Waals surface area contributed by atoms with E-state index >= 15 is 0 Å². The van der Waals surface area contributed by atoms with Gasteiger partial charge in [0, 0.05) is 13.2 Å². The molecule has 1 N–H and O–H groups in total. The highest BCUT2D eigenvalue weighted by atomic mass is 16.5. The molecule has 2 heterocycles. The summed E-state index contributed by atoms with van der Waals surface area (Å²) in [6.07, 6.45) is 2.49. The molecule has 0 aliphatic carbocycles. The van der Waals surface area contributed by atoms with E-state index in [9.17, 15) is 0 Å². The van der Waals surface area contributed by atoms with Crippen LogP contribution in [0.25, 0.3) is 0 Å². The highest BCUT2D eigenvalue weighted by Crippen LogP contribution is 2.16. The van der Waals surface area contributed by atoms with Crippen LogP contribution in [0, 0.1) is 5.92 Å². The molecule has 2 rings (SSSR count). The maximum absolute atomic E-state index is 5.81. The van der Waals surface area contributed by atoms with Crippen LogP contribution in [0.1, 0.15) is 31.3 Å². The van der Waals surface area contributed by atoms with Gasteiger partial charge in [-0.05, 0) is 44.5 Å². The molecule has 1 aromatic heterocycles. The molecule has 0 aromatic carbocycles. The smallest absolute Gasteiger partial charge is 0.118 e. The molecular formula is C15H26N2O2. The summed E-state index contributed by atoms with van der Waals surface area (Å²) in [7, 11) is 2.15. The molecule has 0 spiro atoms. The molecule has 0 radical (unpaired) electrons. The predicted molar refractivity (Wildman–Crippen MR) is 76.0 cm³/mol. The van der Waals surface area contributed by atoms with Gasteiger partial charge in [0.25, 0.3) is 0 Å². The average molecular weight is 266 g/mol. The summed E-state index contributed by atoms with van der Waals surface area (Å²) in [5.41, 5.74) is 0. The van der Waals surface area contributed by atoms with Crippen molar-refractivity contribution in [2.45, 2.75) is 32.9 Å². The van der Waals surface area contributed by atoms with Gasteiger partial charge in [0.2, 0.25) is 0 Å². The molecule has 19 heavy (non-hydrogen) atoms. The first-order valence-corrected chi connectivity index (χ1v) is 7.32. The monoisotopic (exact) mass is 266 g/mol. The number of nitrogens with zero attached hydrogens (tertiary/aromatic N) is 1. The van der Waals surface area contributed by atoms with Crippen LogP contribution in [0.2, 0.25) is 0 Å². The summed E-state index contributed by atoms with van der Waals surface area (Å²) in [5.74, 6) is 2.74. The second kappa shape index (κ2) is 7.68. The third kappa shape index (κ3) is 4.97. The molecule has 4 heteroatoms. The van der Waals surface area contributed by atoms with Crippen LogP contribution in [0.3, 0.4) is 0 Å². The minimum atomic E-state index is 0.676. The molecule has 1 aromatic rings. The van der Waals surface area contributed by atoms with Crippen LogP contribution in [0.15, 0.2) is 16.5 Å². The average Bonchev–Trinajstić information content (AvgIpc) is 2.85. The van der Waals surface area contributed by atoms with E-state index in [1.807, 2.05) is 0 Å². The fourth-order valence-electron chi connectivity index (χ4n) is 2.57. The molecule has 1 atom stereocenters. The summed E-state index contributed by atoms with van der Waals surface area (Å²) in [6.45, 7) is 7.70. The maximum Gasteiger partial charge on any atom is 0.118 e. The minimum absolute atomic E-state index is 0.676. The Hall–Kier alpha value is -0.840. The van der Waals surface area contributed by atoms with E-state index in [2.05, 4.69) is 36.3 Å². The fourth-order valence-corrected chi connectivity index (χ4v) is 2.57. The van der Waals surface area contributed by atoms with Crippen molar-refractivity contribution in [1.29, 1.82) is 0 Å². The maximum atomic E-state index is 5.81. The quantitative estimate of drug-likeness (QED) is 0.821. The minimum Gasteiger partial charge on any atom is -0.463 e. The van der Waals surface area contributed by atoms with Gasteiger partial charge in [-0.1, -0.05) is 6.92 Å². The van der Waals surface area contributed by atoms with Crippen molar-refractivity contribution in [1.82, 2.24) is 10.2 Å². The molecule has 4 nitrogen and oxygen atoms in total. The van der Waals surface area contributed by atoms with E-state index in [4.69, 9.17) is 9.15 Å². The van der Waals surface area contributed by atoms with Crippen LogP contribution in [0.5, 0.6) is 0 Å². The summed E-state index contributed by atoms with van der Waals surface area (Å²) in [6, 6.07) is 4.15. The van der Waals surface area contributed by atoms with Gasteiger partial charge in [-0.25, -0.2) is 0 Å². The largest absolute Gasteiger partial charge is 0.463 e. The molecule has 0 saturated carbocycles. The second-order valence-corrected chi connectivity index (χ2v) is 5.43. The van der Waals surface area contributed by atoms with Gasteiger partial charge in [0.1, 0.15) is 11.5 Å². The summed E-state index contributed by atoms with van der Waals surface area (Å²) in [5, 5.41) is 3.27. The first-order chi connectivity index (χ1) is 9.28. The first-order valence-electron chi connectivity index (χ1n) is 7.32. The van der Waals surface area contributed by atoms with Gasteiger partial charge in [0.15, 0.2) is 0 Å². The zero-order valence-corrected chi connectivity index (χ0v) is 12.2. The van der Waals surface area contributed by atoms with E-state index in [0.29, 0.717) is 5.92 Å². The van der Waals surface area contributed by atoms with E-state index in [1.54, 1.807) is 0 Å². The Labute approximate surface area is 116 Å². The Morgan fingerprint density at radius 2 is 2.21 bits per heavy atom. The van der Waals surface area contributed by atoms with E-state index in [0.717, 1.165) is 50.9 Å². The Balaban J connectivity index is 1.74. The SMILES string of the molecule is CCNCc1ccc(CN(C)CC2CCCOC2)o1. The van der Waals surface area contributed by atoms with Gasteiger partial charge in [-0.2, -0.15) is 0 Å². The molecule has 1 aliphatic heterocycles.